The number of fused-ring (bicyclic) bond motifs is 7. The fourth-order valence-corrected chi connectivity index (χ4v) is 16.4. The molecule has 0 saturated heterocycles. The van der Waals surface area contributed by atoms with Gasteiger partial charge in [-0.15, -0.1) is 0 Å². The van der Waals surface area contributed by atoms with E-state index in [-0.39, 0.29) is 0 Å². The fourth-order valence-electron chi connectivity index (χ4n) is 16.4. The zero-order chi connectivity index (χ0) is 82.8. The van der Waals surface area contributed by atoms with Crippen LogP contribution >= 0.6 is 0 Å². The Morgan fingerprint density at radius 3 is 1.21 bits per heavy atom. The summed E-state index contributed by atoms with van der Waals surface area (Å²) >= 11 is 0. The van der Waals surface area contributed by atoms with E-state index < -0.39 is 0 Å². The van der Waals surface area contributed by atoms with Crippen LogP contribution in [0, 0.1) is 48.5 Å². The number of aromatic nitrogens is 14. The Morgan fingerprint density at radius 2 is 0.664 bits per heavy atom. The summed E-state index contributed by atoms with van der Waals surface area (Å²) in [6.07, 6.45) is 35.8. The van der Waals surface area contributed by atoms with Gasteiger partial charge in [-0.05, 0) is 234 Å². The third kappa shape index (κ3) is 16.8. The van der Waals surface area contributed by atoms with Crippen LogP contribution in [0.15, 0.2) is 384 Å². The summed E-state index contributed by atoms with van der Waals surface area (Å²) in [6, 6.07) is 97.2. The van der Waals surface area contributed by atoms with E-state index in [0.29, 0.717) is 0 Å². The highest BCUT2D eigenvalue weighted by Gasteiger charge is 2.22. The molecule has 0 saturated carbocycles. The van der Waals surface area contributed by atoms with Crippen LogP contribution in [-0.4, -0.2) is 30.8 Å². The molecule has 14 nitrogen and oxygen atoms in total. The van der Waals surface area contributed by atoms with E-state index in [2.05, 4.69) is 539 Å². The van der Waals surface area contributed by atoms with Gasteiger partial charge in [0.05, 0.1) is 44.4 Å². The second-order valence-electron chi connectivity index (χ2n) is 30.5. The molecular weight excluding hydrogens is 1460 g/mol. The van der Waals surface area contributed by atoms with Crippen LogP contribution in [0.2, 0.25) is 0 Å². The standard InChI is InChI=1S/7C15H15N2/c1-12-14(15-8-4-5-9-16(15)2)11-13-7-3-6-10-17(12)13;1-12-11-13-7-3-6-10-17(13)15(12)14-8-4-5-9-16(14)2;1-12-13(15-8-3-5-9-16(15)2)11-17-10-6-4-7-14(12)17;1-12-11-17-10-6-4-8-14(17)15(12)13-7-3-5-9-16(13)2;1-12-6-5-7-13-9-10-15(17(12)13)14-8-3-4-11-16(14)2;1-12-8-11-17-10-5-6-13(15(12)17)14-7-3-4-9-16(14)2;1-12-6-5-10-17-11-8-13(15(12)17)14-7-3-4-9-16(14)2/h7*3-11H,1-2H3/q7*+1. The van der Waals surface area contributed by atoms with E-state index in [4.69, 9.17) is 0 Å². The first-order chi connectivity index (χ1) is 57.9. The minimum atomic E-state index is 1.22. The van der Waals surface area contributed by atoms with E-state index in [1.807, 2.05) is 6.07 Å². The summed E-state index contributed by atoms with van der Waals surface area (Å²) < 4.78 is 30.5. The largest absolute Gasteiger partial charge is 0.323 e. The SMILES string of the molecule is Cc1c(-c2cccc[n+]2C)cc2ccccn12.Cc1c(-c2cccc[n+]2C)cn2ccccc12.Cc1cc2ccccn2c1-c1cccc[n+]1C.Cc1cccc2ccc(-c3cccc[n+]3C)n12.Cc1cccn2ccc(-c3cccc[n+]3C)c12.Cc1ccn2cccc(-c3cccc[n+]3C)c12.Cc1cn2ccccc2c1-c1cccc[n+]1C. The number of aryl methyl sites for hydroxylation is 14. The molecule has 0 spiro atoms. The first-order valence-electron chi connectivity index (χ1n) is 40.5. The van der Waals surface area contributed by atoms with Crippen LogP contribution in [0.3, 0.4) is 0 Å². The monoisotopic (exact) mass is 1560 g/mol. The van der Waals surface area contributed by atoms with E-state index in [9.17, 15) is 0 Å². The number of hydrogen-bond acceptors (Lipinski definition) is 0. The van der Waals surface area contributed by atoms with Crippen molar-refractivity contribution in [1.29, 1.82) is 0 Å². The van der Waals surface area contributed by atoms with Gasteiger partial charge in [0.1, 0.15) is 60.7 Å². The molecule has 0 unspecified atom stereocenters. The normalized spacial score (nSPS) is 10.9. The Kier molecular flexibility index (Phi) is 23.8. The van der Waals surface area contributed by atoms with Crippen LogP contribution in [-0.2, 0) is 49.3 Å². The Bertz CT molecular complexity index is 6760. The van der Waals surface area contributed by atoms with Crippen LogP contribution in [0.4, 0.5) is 0 Å². The molecule has 21 aromatic heterocycles. The highest BCUT2D eigenvalue weighted by Crippen LogP contribution is 2.32. The summed E-state index contributed by atoms with van der Waals surface area (Å²) in [6.45, 7) is 15.1. The predicted octanol–water partition coefficient (Wildman–Crippen LogP) is 19.2. The lowest BCUT2D eigenvalue weighted by atomic mass is 10.1. The van der Waals surface area contributed by atoms with Crippen LogP contribution in [0.25, 0.3) is 118 Å². The van der Waals surface area contributed by atoms with Gasteiger partial charge in [-0.1, -0.05) is 36.4 Å². The summed E-state index contributed by atoms with van der Waals surface area (Å²) in [5, 5.41) is 0. The Balaban J connectivity index is 0.000000108. The fraction of sp³-hybridized carbons (Fsp3) is 0.133. The van der Waals surface area contributed by atoms with Gasteiger partial charge in [-0.3, -0.25) is 0 Å². The lowest BCUT2D eigenvalue weighted by Gasteiger charge is -2.05. The van der Waals surface area contributed by atoms with Crippen molar-refractivity contribution >= 4 is 38.6 Å². The molecule has 0 aliphatic carbocycles. The predicted molar refractivity (Wildman–Crippen MR) is 481 cm³/mol. The maximum Gasteiger partial charge on any atom is 0.229 e. The van der Waals surface area contributed by atoms with Gasteiger partial charge in [0.15, 0.2) is 43.4 Å². The molecule has 0 fully saturated rings. The summed E-state index contributed by atoms with van der Waals surface area (Å²) in [5.74, 6) is 0. The van der Waals surface area contributed by atoms with Gasteiger partial charge in [-0.2, -0.15) is 9.13 Å². The van der Waals surface area contributed by atoms with Crippen LogP contribution in [0.1, 0.15) is 39.2 Å². The molecule has 0 atom stereocenters. The van der Waals surface area contributed by atoms with Crippen LogP contribution in [0.5, 0.6) is 0 Å². The van der Waals surface area contributed by atoms with E-state index >= 15 is 0 Å². The van der Waals surface area contributed by atoms with E-state index in [1.54, 1.807) is 0 Å². The third-order valence-electron chi connectivity index (χ3n) is 22.5. The van der Waals surface area contributed by atoms with Gasteiger partial charge in [-0.25, -0.2) is 22.8 Å². The maximum atomic E-state index is 2.29. The Morgan fingerprint density at radius 1 is 0.244 bits per heavy atom. The minimum Gasteiger partial charge on any atom is -0.323 e. The molecule has 14 heteroatoms. The molecule has 21 heterocycles. The maximum absolute atomic E-state index is 2.29. The highest BCUT2D eigenvalue weighted by molar-refractivity contribution is 5.83. The Hall–Kier alpha value is -14.6. The second kappa shape index (κ2) is 35.6. The topological polar surface area (TPSA) is 58.0 Å². The van der Waals surface area contributed by atoms with Crippen molar-refractivity contribution in [2.24, 2.45) is 49.3 Å². The molecule has 21 rings (SSSR count). The van der Waals surface area contributed by atoms with E-state index in [0.717, 1.165) is 0 Å². The first kappa shape index (κ1) is 79.6. The van der Waals surface area contributed by atoms with E-state index in [1.165, 1.54) is 157 Å². The van der Waals surface area contributed by atoms with Gasteiger partial charge in [0.25, 0.3) is 0 Å². The second-order valence-corrected chi connectivity index (χ2v) is 30.5. The number of nitrogens with zero attached hydrogens (tertiary/aromatic N) is 14. The zero-order valence-electron chi connectivity index (χ0n) is 70.6. The molecule has 0 N–H and O–H groups in total. The first-order valence-corrected chi connectivity index (χ1v) is 40.5. The van der Waals surface area contributed by atoms with Gasteiger partial charge in [0.2, 0.25) is 39.9 Å². The van der Waals surface area contributed by atoms with Crippen molar-refractivity contribution in [2.75, 3.05) is 0 Å². The van der Waals surface area contributed by atoms with Gasteiger partial charge >= 0.3 is 0 Å². The summed E-state index contributed by atoms with van der Waals surface area (Å²) in [5.41, 5.74) is 35.5. The lowest BCUT2D eigenvalue weighted by molar-refractivity contribution is -0.660. The summed E-state index contributed by atoms with van der Waals surface area (Å²) in [4.78, 5) is 0. The van der Waals surface area contributed by atoms with Gasteiger partial charge in [0, 0.05) is 180 Å². The number of hydrogen-bond donors (Lipinski definition) is 0. The van der Waals surface area contributed by atoms with Crippen molar-refractivity contribution in [3.8, 4) is 79.1 Å². The van der Waals surface area contributed by atoms with Gasteiger partial charge < -0.3 is 30.8 Å². The average molecular weight is 1560 g/mol. The molecular formula is C105H105N14+7. The Labute approximate surface area is 697 Å². The molecule has 0 aromatic carbocycles. The molecule has 588 valence electrons. The van der Waals surface area contributed by atoms with Crippen molar-refractivity contribution < 1.29 is 32.0 Å². The molecule has 119 heavy (non-hydrogen) atoms. The number of rotatable bonds is 7. The minimum absolute atomic E-state index is 1.22. The van der Waals surface area contributed by atoms with Crippen molar-refractivity contribution in [3.05, 3.63) is 424 Å². The smallest absolute Gasteiger partial charge is 0.229 e. The highest BCUT2D eigenvalue weighted by atomic mass is 15.0. The molecule has 0 radical (unpaired) electrons. The molecule has 0 aliphatic heterocycles. The average Bonchev–Trinajstić information content (AvgIpc) is 1.66. The zero-order valence-corrected chi connectivity index (χ0v) is 70.6. The van der Waals surface area contributed by atoms with Crippen LogP contribution < -0.4 is 32.0 Å². The molecule has 21 aromatic rings. The quantitative estimate of drug-likeness (QED) is 0.143. The van der Waals surface area contributed by atoms with Crippen molar-refractivity contribution in [3.63, 3.8) is 0 Å². The number of pyridine rings is 14. The van der Waals surface area contributed by atoms with Crippen molar-refractivity contribution in [1.82, 2.24) is 30.8 Å². The third-order valence-corrected chi connectivity index (χ3v) is 22.5. The lowest BCUT2D eigenvalue weighted by Crippen LogP contribution is -2.30. The molecule has 0 bridgehead atoms. The summed E-state index contributed by atoms with van der Waals surface area (Å²) in [7, 11) is 14.6. The van der Waals surface area contributed by atoms with Crippen molar-refractivity contribution in [2.45, 2.75) is 48.5 Å². The molecule has 0 amide bonds. The molecule has 0 aliphatic rings.